The van der Waals surface area contributed by atoms with Gasteiger partial charge in [-0.15, -0.1) is 22.7 Å². The number of nitrogens with one attached hydrogen (secondary N) is 2. The van der Waals surface area contributed by atoms with E-state index in [2.05, 4.69) is 52.9 Å². The number of carbonyl (C=O) groups excluding carboxylic acids is 2. The van der Waals surface area contributed by atoms with Crippen molar-refractivity contribution < 1.29 is 9.59 Å². The third-order valence-corrected chi connectivity index (χ3v) is 5.87. The van der Waals surface area contributed by atoms with E-state index in [9.17, 15) is 9.59 Å². The number of nitrogens with zero attached hydrogens (tertiary/aromatic N) is 2. The van der Waals surface area contributed by atoms with Crippen LogP contribution >= 0.6 is 54.5 Å². The van der Waals surface area contributed by atoms with E-state index in [4.69, 9.17) is 0 Å². The van der Waals surface area contributed by atoms with Crippen molar-refractivity contribution in [3.05, 3.63) is 41.6 Å². The van der Waals surface area contributed by atoms with E-state index < -0.39 is 0 Å². The molecule has 2 rings (SSSR count). The highest BCUT2D eigenvalue weighted by atomic mass is 79.9. The summed E-state index contributed by atoms with van der Waals surface area (Å²) in [6.07, 6.45) is 4.04. The van der Waals surface area contributed by atoms with Crippen molar-refractivity contribution in [1.82, 2.24) is 10.9 Å². The average Bonchev–Trinajstić information content (AvgIpc) is 3.16. The van der Waals surface area contributed by atoms with E-state index in [1.54, 1.807) is 12.4 Å². The lowest BCUT2D eigenvalue weighted by Gasteiger charge is -2.00. The minimum Gasteiger partial charge on any atom is -0.273 e. The zero-order chi connectivity index (χ0) is 18.1. The second kappa shape index (κ2) is 10.6. The molecule has 0 saturated carbocycles. The van der Waals surface area contributed by atoms with Gasteiger partial charge in [-0.05, 0) is 62.5 Å². The van der Waals surface area contributed by atoms with E-state index in [0.717, 1.165) is 17.3 Å². The summed E-state index contributed by atoms with van der Waals surface area (Å²) in [4.78, 5) is 25.1. The summed E-state index contributed by atoms with van der Waals surface area (Å²) < 4.78 is 2.00. The first-order chi connectivity index (χ1) is 12.0. The number of thiophene rings is 2. The summed E-state index contributed by atoms with van der Waals surface area (Å²) in [6, 6.07) is 7.60. The van der Waals surface area contributed by atoms with Crippen molar-refractivity contribution in [1.29, 1.82) is 0 Å². The van der Waals surface area contributed by atoms with Gasteiger partial charge in [0.05, 0.1) is 20.0 Å². The van der Waals surface area contributed by atoms with Crippen LogP contribution in [0.25, 0.3) is 0 Å². The Morgan fingerprint density at radius 2 is 1.32 bits per heavy atom. The summed E-state index contributed by atoms with van der Waals surface area (Å²) >= 11 is 9.74. The average molecular weight is 506 g/mol. The maximum atomic E-state index is 11.6. The number of hydrazone groups is 2. The third-order valence-electron chi connectivity index (χ3n) is 2.76. The van der Waals surface area contributed by atoms with Crippen molar-refractivity contribution in [2.24, 2.45) is 10.2 Å². The van der Waals surface area contributed by atoms with Crippen LogP contribution in [0.15, 0.2) is 42.0 Å². The van der Waals surface area contributed by atoms with Crippen LogP contribution in [-0.2, 0) is 9.59 Å². The normalized spacial score (nSPS) is 11.3. The lowest BCUT2D eigenvalue weighted by atomic mass is 10.2. The second-order valence-electron chi connectivity index (χ2n) is 4.72. The van der Waals surface area contributed by atoms with Gasteiger partial charge in [-0.3, -0.25) is 9.59 Å². The monoisotopic (exact) mass is 504 g/mol. The second-order valence-corrected chi connectivity index (χ2v) is 9.71. The van der Waals surface area contributed by atoms with Crippen LogP contribution in [0, 0.1) is 0 Å². The van der Waals surface area contributed by atoms with Gasteiger partial charge in [-0.1, -0.05) is 0 Å². The number of rotatable bonds is 8. The molecule has 0 aliphatic rings. The van der Waals surface area contributed by atoms with Gasteiger partial charge in [-0.2, -0.15) is 10.2 Å². The fraction of sp³-hybridized carbons (Fsp3) is 0.200. The van der Waals surface area contributed by atoms with Crippen molar-refractivity contribution in [3.63, 3.8) is 0 Å². The number of amides is 2. The van der Waals surface area contributed by atoms with E-state index in [1.165, 1.54) is 22.7 Å². The van der Waals surface area contributed by atoms with Gasteiger partial charge >= 0.3 is 0 Å². The number of hydrogen-bond acceptors (Lipinski definition) is 6. The Labute approximate surface area is 169 Å². The molecule has 132 valence electrons. The number of hydrogen-bond donors (Lipinski definition) is 2. The van der Waals surface area contributed by atoms with E-state index >= 15 is 0 Å². The molecule has 0 aromatic carbocycles. The lowest BCUT2D eigenvalue weighted by molar-refractivity contribution is -0.122. The predicted octanol–water partition coefficient (Wildman–Crippen LogP) is 4.11. The van der Waals surface area contributed by atoms with Crippen molar-refractivity contribution >= 4 is 78.8 Å². The highest BCUT2D eigenvalue weighted by molar-refractivity contribution is 9.11. The minimum absolute atomic E-state index is 0.223. The molecular weight excluding hydrogens is 492 g/mol. The van der Waals surface area contributed by atoms with Crippen LogP contribution in [0.2, 0.25) is 0 Å². The summed E-state index contributed by atoms with van der Waals surface area (Å²) in [6.45, 7) is 0. The third kappa shape index (κ3) is 8.04. The van der Waals surface area contributed by atoms with Gasteiger partial charge in [0.15, 0.2) is 0 Å². The molecule has 2 aromatic heterocycles. The molecule has 2 N–H and O–H groups in total. The van der Waals surface area contributed by atoms with Gasteiger partial charge in [0.2, 0.25) is 11.8 Å². The molecule has 6 nitrogen and oxygen atoms in total. The van der Waals surface area contributed by atoms with E-state index in [-0.39, 0.29) is 24.7 Å². The summed E-state index contributed by atoms with van der Waals surface area (Å²) in [5.41, 5.74) is 4.88. The Balaban J connectivity index is 1.59. The predicted molar refractivity (Wildman–Crippen MR) is 109 cm³/mol. The maximum Gasteiger partial charge on any atom is 0.240 e. The van der Waals surface area contributed by atoms with Gasteiger partial charge < -0.3 is 0 Å². The molecular formula is C15H14Br2N4O2S2. The molecule has 0 unspecified atom stereocenters. The van der Waals surface area contributed by atoms with Crippen LogP contribution in [0.1, 0.15) is 29.0 Å². The summed E-state index contributed by atoms with van der Waals surface area (Å²) in [7, 11) is 0. The molecule has 2 heterocycles. The Kier molecular flexibility index (Phi) is 8.45. The fourth-order valence-corrected chi connectivity index (χ4v) is 4.24. The Hall–Kier alpha value is -1.36. The molecule has 0 atom stereocenters. The number of carbonyl (C=O) groups is 2. The SMILES string of the molecule is O=C(CCCC(=O)NN=Cc1ccc(Br)s1)NN=Cc1ccc(Br)s1. The molecule has 0 fully saturated rings. The van der Waals surface area contributed by atoms with Gasteiger partial charge in [0.25, 0.3) is 0 Å². The zero-order valence-electron chi connectivity index (χ0n) is 12.9. The Morgan fingerprint density at radius 1 is 0.880 bits per heavy atom. The van der Waals surface area contributed by atoms with Gasteiger partial charge in [0.1, 0.15) is 0 Å². The molecule has 0 aliphatic heterocycles. The van der Waals surface area contributed by atoms with Crippen LogP contribution in [0.4, 0.5) is 0 Å². The molecule has 0 spiro atoms. The first-order valence-electron chi connectivity index (χ1n) is 7.17. The number of halogens is 2. The maximum absolute atomic E-state index is 11.6. The molecule has 2 amide bonds. The van der Waals surface area contributed by atoms with Crippen LogP contribution in [-0.4, -0.2) is 24.2 Å². The van der Waals surface area contributed by atoms with Crippen molar-refractivity contribution in [2.45, 2.75) is 19.3 Å². The first-order valence-corrected chi connectivity index (χ1v) is 10.4. The first kappa shape index (κ1) is 20.0. The van der Waals surface area contributed by atoms with E-state index in [0.29, 0.717) is 6.42 Å². The molecule has 0 radical (unpaired) electrons. The largest absolute Gasteiger partial charge is 0.273 e. The molecule has 2 aromatic rings. The molecule has 0 saturated heterocycles. The highest BCUT2D eigenvalue weighted by Crippen LogP contribution is 2.20. The van der Waals surface area contributed by atoms with Crippen LogP contribution in [0.5, 0.6) is 0 Å². The van der Waals surface area contributed by atoms with Gasteiger partial charge in [0, 0.05) is 22.6 Å². The molecule has 0 aliphatic carbocycles. The van der Waals surface area contributed by atoms with Gasteiger partial charge in [-0.25, -0.2) is 10.9 Å². The smallest absolute Gasteiger partial charge is 0.240 e. The zero-order valence-corrected chi connectivity index (χ0v) is 17.7. The quantitative estimate of drug-likeness (QED) is 0.418. The summed E-state index contributed by atoms with van der Waals surface area (Å²) in [5, 5.41) is 7.75. The fourth-order valence-electron chi connectivity index (χ4n) is 1.65. The Morgan fingerprint density at radius 3 is 1.68 bits per heavy atom. The lowest BCUT2D eigenvalue weighted by Crippen LogP contribution is -2.20. The van der Waals surface area contributed by atoms with E-state index in [1.807, 2.05) is 24.3 Å². The summed E-state index contributed by atoms with van der Waals surface area (Å²) in [5.74, 6) is -0.460. The van der Waals surface area contributed by atoms with Crippen molar-refractivity contribution in [2.75, 3.05) is 0 Å². The minimum atomic E-state index is -0.230. The molecule has 10 heteroatoms. The van der Waals surface area contributed by atoms with Crippen LogP contribution in [0.3, 0.4) is 0 Å². The standard InChI is InChI=1S/C15H14Br2N4O2S2/c16-12-6-4-10(24-12)8-18-20-14(22)2-1-3-15(23)21-19-9-11-5-7-13(17)25-11/h4-9H,1-3H2,(H,20,22)(H,21,23). The highest BCUT2D eigenvalue weighted by Gasteiger charge is 2.04. The Bertz CT molecular complexity index is 722. The molecule has 25 heavy (non-hydrogen) atoms. The van der Waals surface area contributed by atoms with Crippen molar-refractivity contribution in [3.8, 4) is 0 Å². The molecule has 0 bridgehead atoms. The topological polar surface area (TPSA) is 82.9 Å². The van der Waals surface area contributed by atoms with Crippen LogP contribution < -0.4 is 10.9 Å².